The summed E-state index contributed by atoms with van der Waals surface area (Å²) in [4.78, 5) is 0. The van der Waals surface area contributed by atoms with Gasteiger partial charge >= 0.3 is 6.18 Å². The molecule has 12 heavy (non-hydrogen) atoms. The molecule has 0 radical (unpaired) electrons. The monoisotopic (exact) mass is 178 g/mol. The summed E-state index contributed by atoms with van der Waals surface area (Å²) < 4.78 is 35.2. The molecule has 1 aliphatic carbocycles. The van der Waals surface area contributed by atoms with E-state index in [4.69, 9.17) is 0 Å². The van der Waals surface area contributed by atoms with Gasteiger partial charge in [-0.2, -0.15) is 13.2 Å². The largest absolute Gasteiger partial charge is 0.409 e. The van der Waals surface area contributed by atoms with Crippen LogP contribution in [-0.4, -0.2) is 6.18 Å². The molecule has 0 saturated heterocycles. The van der Waals surface area contributed by atoms with E-state index < -0.39 is 6.18 Å². The number of hydrogen-bond acceptors (Lipinski definition) is 0. The molecule has 0 aromatic heterocycles. The lowest BCUT2D eigenvalue weighted by atomic mass is 10.1. The second-order valence-electron chi connectivity index (χ2n) is 4.04. The highest BCUT2D eigenvalue weighted by Gasteiger charge is 2.52. The maximum atomic E-state index is 11.7. The van der Waals surface area contributed by atoms with Crippen molar-refractivity contribution in [2.45, 2.75) is 26.9 Å². The normalized spacial score (nSPS) is 34.2. The van der Waals surface area contributed by atoms with Gasteiger partial charge in [0, 0.05) is 6.08 Å². The van der Waals surface area contributed by atoms with E-state index in [9.17, 15) is 13.2 Å². The minimum atomic E-state index is -4.15. The van der Waals surface area contributed by atoms with Crippen LogP contribution in [0.3, 0.4) is 0 Å². The van der Waals surface area contributed by atoms with Crippen molar-refractivity contribution in [3.05, 3.63) is 12.2 Å². The van der Waals surface area contributed by atoms with E-state index in [0.29, 0.717) is 12.0 Å². The van der Waals surface area contributed by atoms with Gasteiger partial charge in [0.1, 0.15) is 0 Å². The van der Waals surface area contributed by atoms with E-state index >= 15 is 0 Å². The summed E-state index contributed by atoms with van der Waals surface area (Å²) in [5.74, 6) is 0.468. The molecule has 1 aliphatic rings. The minimum Gasteiger partial charge on any atom is -0.167 e. The van der Waals surface area contributed by atoms with Crippen LogP contribution in [0.4, 0.5) is 13.2 Å². The van der Waals surface area contributed by atoms with Crippen molar-refractivity contribution < 1.29 is 13.2 Å². The van der Waals surface area contributed by atoms with Crippen LogP contribution in [-0.2, 0) is 0 Å². The zero-order valence-corrected chi connectivity index (χ0v) is 7.44. The summed E-state index contributed by atoms with van der Waals surface area (Å²) in [7, 11) is 0. The van der Waals surface area contributed by atoms with Crippen molar-refractivity contribution in [3.63, 3.8) is 0 Å². The average molecular weight is 178 g/mol. The Morgan fingerprint density at radius 3 is 1.92 bits per heavy atom. The average Bonchev–Trinajstić information content (AvgIpc) is 2.28. The van der Waals surface area contributed by atoms with Crippen LogP contribution in [0.25, 0.3) is 0 Å². The highest BCUT2D eigenvalue weighted by atomic mass is 19.4. The fourth-order valence-electron chi connectivity index (χ4n) is 1.57. The van der Waals surface area contributed by atoms with Gasteiger partial charge < -0.3 is 0 Å². The third kappa shape index (κ3) is 1.82. The van der Waals surface area contributed by atoms with Gasteiger partial charge in [-0.05, 0) is 17.3 Å². The molecular formula is C9H13F3. The molecule has 1 fully saturated rings. The molecule has 0 aromatic rings. The lowest BCUT2D eigenvalue weighted by Crippen LogP contribution is -2.01. The molecule has 0 amide bonds. The van der Waals surface area contributed by atoms with Gasteiger partial charge in [-0.3, -0.25) is 0 Å². The molecular weight excluding hydrogens is 165 g/mol. The van der Waals surface area contributed by atoms with Crippen LogP contribution in [0.2, 0.25) is 0 Å². The SMILES string of the molecule is CC1C(/C=C/C(F)(F)F)C1(C)C. The molecule has 2 unspecified atom stereocenters. The molecule has 0 aromatic carbocycles. The van der Waals surface area contributed by atoms with Crippen LogP contribution in [0.5, 0.6) is 0 Å². The molecule has 1 rings (SSSR count). The van der Waals surface area contributed by atoms with Crippen molar-refractivity contribution in [2.24, 2.45) is 17.3 Å². The topological polar surface area (TPSA) is 0 Å². The smallest absolute Gasteiger partial charge is 0.167 e. The molecule has 0 bridgehead atoms. The first-order valence-corrected chi connectivity index (χ1v) is 4.01. The van der Waals surface area contributed by atoms with Crippen molar-refractivity contribution >= 4 is 0 Å². The Morgan fingerprint density at radius 1 is 1.25 bits per heavy atom. The van der Waals surface area contributed by atoms with E-state index in [1.54, 1.807) is 0 Å². The van der Waals surface area contributed by atoms with Gasteiger partial charge in [-0.1, -0.05) is 26.8 Å². The number of allylic oxidation sites excluding steroid dienone is 2. The van der Waals surface area contributed by atoms with Crippen molar-refractivity contribution in [1.29, 1.82) is 0 Å². The van der Waals surface area contributed by atoms with E-state index in [1.807, 2.05) is 20.8 Å². The lowest BCUT2D eigenvalue weighted by molar-refractivity contribution is -0.0801. The molecule has 3 heteroatoms. The Balaban J connectivity index is 2.51. The summed E-state index contributed by atoms with van der Waals surface area (Å²) in [6, 6.07) is 0. The van der Waals surface area contributed by atoms with E-state index in [1.165, 1.54) is 6.08 Å². The first kappa shape index (κ1) is 9.62. The molecule has 0 nitrogen and oxygen atoms in total. The zero-order chi connectivity index (χ0) is 9.57. The summed E-state index contributed by atoms with van der Waals surface area (Å²) in [6.07, 6.45) is -2.52. The van der Waals surface area contributed by atoms with Gasteiger partial charge in [-0.15, -0.1) is 0 Å². The molecule has 70 valence electrons. The lowest BCUT2D eigenvalue weighted by Gasteiger charge is -1.98. The second-order valence-corrected chi connectivity index (χ2v) is 4.04. The van der Waals surface area contributed by atoms with Crippen LogP contribution < -0.4 is 0 Å². The fourth-order valence-corrected chi connectivity index (χ4v) is 1.57. The van der Waals surface area contributed by atoms with Gasteiger partial charge in [0.25, 0.3) is 0 Å². The molecule has 0 spiro atoms. The summed E-state index contributed by atoms with van der Waals surface area (Å²) >= 11 is 0. The highest BCUT2D eigenvalue weighted by Crippen LogP contribution is 2.58. The standard InChI is InChI=1S/C9H13F3/c1-6-7(8(6,2)3)4-5-9(10,11)12/h4-7H,1-3H3/b5-4+. The number of alkyl halides is 3. The number of hydrogen-bond donors (Lipinski definition) is 0. The predicted molar refractivity (Wildman–Crippen MR) is 41.6 cm³/mol. The van der Waals surface area contributed by atoms with Gasteiger partial charge in [0.05, 0.1) is 0 Å². The van der Waals surface area contributed by atoms with Gasteiger partial charge in [0.2, 0.25) is 0 Å². The first-order chi connectivity index (χ1) is 5.25. The van der Waals surface area contributed by atoms with Crippen LogP contribution >= 0.6 is 0 Å². The van der Waals surface area contributed by atoms with Gasteiger partial charge in [0.15, 0.2) is 0 Å². The summed E-state index contributed by atoms with van der Waals surface area (Å²) in [6.45, 7) is 5.96. The Labute approximate surface area is 70.5 Å². The number of halogens is 3. The quantitative estimate of drug-likeness (QED) is 0.540. The first-order valence-electron chi connectivity index (χ1n) is 4.01. The van der Waals surface area contributed by atoms with Crippen LogP contribution in [0.15, 0.2) is 12.2 Å². The van der Waals surface area contributed by atoms with E-state index in [0.717, 1.165) is 0 Å². The third-order valence-electron chi connectivity index (χ3n) is 2.95. The Hall–Kier alpha value is -0.470. The zero-order valence-electron chi connectivity index (χ0n) is 7.44. The highest BCUT2D eigenvalue weighted by molar-refractivity contribution is 5.13. The molecule has 0 N–H and O–H groups in total. The Kier molecular flexibility index (Phi) is 2.01. The van der Waals surface area contributed by atoms with Crippen molar-refractivity contribution in [3.8, 4) is 0 Å². The Bertz CT molecular complexity index is 200. The fraction of sp³-hybridized carbons (Fsp3) is 0.778. The second kappa shape index (κ2) is 2.51. The Morgan fingerprint density at radius 2 is 1.67 bits per heavy atom. The summed E-state index contributed by atoms with van der Waals surface area (Å²) in [5.41, 5.74) is 0.0573. The minimum absolute atomic E-state index is 0.0573. The third-order valence-corrected chi connectivity index (χ3v) is 2.95. The molecule has 0 heterocycles. The predicted octanol–water partition coefficient (Wildman–Crippen LogP) is 3.40. The molecule has 1 saturated carbocycles. The van der Waals surface area contributed by atoms with Gasteiger partial charge in [-0.25, -0.2) is 0 Å². The van der Waals surface area contributed by atoms with Crippen LogP contribution in [0, 0.1) is 17.3 Å². The van der Waals surface area contributed by atoms with Crippen LogP contribution in [0.1, 0.15) is 20.8 Å². The van der Waals surface area contributed by atoms with E-state index in [2.05, 4.69) is 0 Å². The maximum absolute atomic E-state index is 11.7. The van der Waals surface area contributed by atoms with E-state index in [-0.39, 0.29) is 11.3 Å². The summed E-state index contributed by atoms with van der Waals surface area (Å²) in [5, 5.41) is 0. The molecule has 0 aliphatic heterocycles. The number of rotatable bonds is 1. The maximum Gasteiger partial charge on any atom is 0.409 e. The molecule has 2 atom stereocenters. The van der Waals surface area contributed by atoms with Crippen molar-refractivity contribution in [1.82, 2.24) is 0 Å². The van der Waals surface area contributed by atoms with Crippen molar-refractivity contribution in [2.75, 3.05) is 0 Å².